The lowest BCUT2D eigenvalue weighted by atomic mass is 10.1. The van der Waals surface area contributed by atoms with Crippen molar-refractivity contribution < 1.29 is 9.90 Å². The number of likely N-dealkylation sites (N-methyl/N-ethyl adjacent to an activating group) is 1. The van der Waals surface area contributed by atoms with Gasteiger partial charge in [-0.05, 0) is 19.9 Å². The number of pyridine rings is 1. The van der Waals surface area contributed by atoms with Crippen molar-refractivity contribution in [2.45, 2.75) is 13.8 Å². The summed E-state index contributed by atoms with van der Waals surface area (Å²) < 4.78 is 1.68. The van der Waals surface area contributed by atoms with E-state index in [0.717, 1.165) is 16.8 Å². The third-order valence-electron chi connectivity index (χ3n) is 3.11. The van der Waals surface area contributed by atoms with Crippen molar-refractivity contribution >= 4 is 16.9 Å². The summed E-state index contributed by atoms with van der Waals surface area (Å²) in [5.74, 6) is -0.124. The molecule has 0 spiro atoms. The minimum atomic E-state index is -0.124. The Labute approximate surface area is 111 Å². The second kappa shape index (κ2) is 4.97. The van der Waals surface area contributed by atoms with Crippen molar-refractivity contribution in [3.63, 3.8) is 0 Å². The van der Waals surface area contributed by atoms with Crippen LogP contribution in [0.2, 0.25) is 0 Å². The molecule has 0 aliphatic rings. The number of aromatic nitrogens is 3. The van der Waals surface area contributed by atoms with Crippen LogP contribution in [-0.2, 0) is 7.05 Å². The Kier molecular flexibility index (Phi) is 3.53. The number of carbonyl (C=O) groups is 1. The van der Waals surface area contributed by atoms with Crippen LogP contribution >= 0.6 is 0 Å². The molecule has 6 heteroatoms. The predicted octanol–water partition coefficient (Wildman–Crippen LogP) is 0.649. The van der Waals surface area contributed by atoms with Crippen LogP contribution < -0.4 is 0 Å². The molecule has 1 amide bonds. The fourth-order valence-electron chi connectivity index (χ4n) is 2.20. The quantitative estimate of drug-likeness (QED) is 0.881. The van der Waals surface area contributed by atoms with E-state index in [1.54, 1.807) is 17.8 Å². The molecule has 0 aliphatic carbocycles. The number of rotatable bonds is 3. The Morgan fingerprint density at radius 3 is 2.79 bits per heavy atom. The summed E-state index contributed by atoms with van der Waals surface area (Å²) >= 11 is 0. The molecule has 0 radical (unpaired) electrons. The van der Waals surface area contributed by atoms with E-state index in [2.05, 4.69) is 10.1 Å². The molecule has 2 rings (SSSR count). The van der Waals surface area contributed by atoms with Crippen molar-refractivity contribution in [1.29, 1.82) is 0 Å². The van der Waals surface area contributed by atoms with E-state index in [4.69, 9.17) is 5.11 Å². The van der Waals surface area contributed by atoms with E-state index in [-0.39, 0.29) is 12.5 Å². The molecule has 0 unspecified atom stereocenters. The predicted molar refractivity (Wildman–Crippen MR) is 72.0 cm³/mol. The molecule has 2 aromatic heterocycles. The summed E-state index contributed by atoms with van der Waals surface area (Å²) in [5, 5.41) is 14.0. The topological polar surface area (TPSA) is 71.2 Å². The normalized spacial score (nSPS) is 11.0. The van der Waals surface area contributed by atoms with Gasteiger partial charge < -0.3 is 10.0 Å². The zero-order valence-corrected chi connectivity index (χ0v) is 11.6. The molecule has 1 N–H and O–H groups in total. The van der Waals surface area contributed by atoms with Crippen LogP contribution in [0, 0.1) is 13.8 Å². The lowest BCUT2D eigenvalue weighted by Gasteiger charge is -2.16. The number of carbonyl (C=O) groups excluding carboxylic acids is 1. The van der Waals surface area contributed by atoms with Crippen LogP contribution in [0.5, 0.6) is 0 Å². The smallest absolute Gasteiger partial charge is 0.254 e. The first kappa shape index (κ1) is 13.5. The number of aliphatic hydroxyl groups is 1. The Hall–Kier alpha value is -1.95. The Balaban J connectivity index is 2.62. The summed E-state index contributed by atoms with van der Waals surface area (Å²) in [6.45, 7) is 3.97. The van der Waals surface area contributed by atoms with Crippen molar-refractivity contribution in [2.24, 2.45) is 7.05 Å². The van der Waals surface area contributed by atoms with Gasteiger partial charge in [-0.2, -0.15) is 5.10 Å². The summed E-state index contributed by atoms with van der Waals surface area (Å²) in [6.07, 6.45) is 0. The maximum Gasteiger partial charge on any atom is 0.254 e. The largest absolute Gasteiger partial charge is 0.395 e. The van der Waals surface area contributed by atoms with Crippen LogP contribution in [0.4, 0.5) is 0 Å². The molecule has 0 saturated heterocycles. The van der Waals surface area contributed by atoms with Gasteiger partial charge in [0.2, 0.25) is 0 Å². The molecule has 2 heterocycles. The van der Waals surface area contributed by atoms with Gasteiger partial charge in [-0.1, -0.05) is 0 Å². The molecule has 0 aromatic carbocycles. The molecular weight excluding hydrogens is 244 g/mol. The van der Waals surface area contributed by atoms with Gasteiger partial charge in [-0.3, -0.25) is 9.48 Å². The van der Waals surface area contributed by atoms with Crippen LogP contribution in [0.15, 0.2) is 6.07 Å². The van der Waals surface area contributed by atoms with Crippen molar-refractivity contribution in [3.05, 3.63) is 23.0 Å². The highest BCUT2D eigenvalue weighted by Crippen LogP contribution is 2.22. The van der Waals surface area contributed by atoms with Gasteiger partial charge >= 0.3 is 0 Å². The highest BCUT2D eigenvalue weighted by Gasteiger charge is 2.19. The van der Waals surface area contributed by atoms with Crippen molar-refractivity contribution in [1.82, 2.24) is 19.7 Å². The lowest BCUT2D eigenvalue weighted by molar-refractivity contribution is 0.0768. The van der Waals surface area contributed by atoms with E-state index in [0.29, 0.717) is 17.8 Å². The number of aliphatic hydroxyl groups excluding tert-OH is 1. The Morgan fingerprint density at radius 1 is 1.47 bits per heavy atom. The number of aryl methyl sites for hydroxylation is 3. The first-order valence-electron chi connectivity index (χ1n) is 6.13. The van der Waals surface area contributed by atoms with Gasteiger partial charge in [-0.15, -0.1) is 0 Å². The van der Waals surface area contributed by atoms with Gasteiger partial charge in [0.25, 0.3) is 5.91 Å². The summed E-state index contributed by atoms with van der Waals surface area (Å²) in [4.78, 5) is 18.3. The van der Waals surface area contributed by atoms with Crippen LogP contribution in [0.1, 0.15) is 21.7 Å². The summed E-state index contributed by atoms with van der Waals surface area (Å²) in [5.41, 5.74) is 2.85. The van der Waals surface area contributed by atoms with Gasteiger partial charge in [-0.25, -0.2) is 4.98 Å². The van der Waals surface area contributed by atoms with Crippen LogP contribution in [0.25, 0.3) is 11.0 Å². The molecule has 0 atom stereocenters. The van der Waals surface area contributed by atoms with Crippen LogP contribution in [0.3, 0.4) is 0 Å². The van der Waals surface area contributed by atoms with E-state index in [1.807, 2.05) is 20.9 Å². The molecule has 19 heavy (non-hydrogen) atoms. The maximum absolute atomic E-state index is 12.4. The monoisotopic (exact) mass is 262 g/mol. The minimum Gasteiger partial charge on any atom is -0.395 e. The summed E-state index contributed by atoms with van der Waals surface area (Å²) in [7, 11) is 3.49. The van der Waals surface area contributed by atoms with Gasteiger partial charge in [0.15, 0.2) is 5.65 Å². The Bertz CT molecular complexity index is 633. The van der Waals surface area contributed by atoms with Crippen LogP contribution in [-0.4, -0.2) is 50.9 Å². The molecule has 2 aromatic rings. The fraction of sp³-hybridized carbons (Fsp3) is 0.462. The summed E-state index contributed by atoms with van der Waals surface area (Å²) in [6, 6.07) is 1.77. The third kappa shape index (κ3) is 2.31. The molecule has 102 valence electrons. The molecule has 0 saturated carbocycles. The number of hydrogen-bond acceptors (Lipinski definition) is 4. The van der Waals surface area contributed by atoms with E-state index < -0.39 is 0 Å². The van der Waals surface area contributed by atoms with Gasteiger partial charge in [0.05, 0.1) is 23.3 Å². The Morgan fingerprint density at radius 2 is 2.16 bits per heavy atom. The van der Waals surface area contributed by atoms with Gasteiger partial charge in [0, 0.05) is 26.3 Å². The van der Waals surface area contributed by atoms with E-state index >= 15 is 0 Å². The van der Waals surface area contributed by atoms with Crippen molar-refractivity contribution in [3.8, 4) is 0 Å². The standard InChI is InChI=1S/C13H18N4O2/c1-8-7-10(13(19)16(3)5-6-18)11-9(2)15-17(4)12(11)14-8/h7,18H,5-6H2,1-4H3. The number of hydrogen-bond donors (Lipinski definition) is 1. The highest BCUT2D eigenvalue weighted by atomic mass is 16.3. The lowest BCUT2D eigenvalue weighted by Crippen LogP contribution is -2.29. The highest BCUT2D eigenvalue weighted by molar-refractivity contribution is 6.06. The SMILES string of the molecule is Cc1cc(C(=O)N(C)CCO)c2c(C)nn(C)c2n1. The number of amides is 1. The number of fused-ring (bicyclic) bond motifs is 1. The molecule has 6 nitrogen and oxygen atoms in total. The average molecular weight is 262 g/mol. The average Bonchev–Trinajstić information content (AvgIpc) is 2.63. The third-order valence-corrected chi connectivity index (χ3v) is 3.11. The van der Waals surface area contributed by atoms with Crippen molar-refractivity contribution in [2.75, 3.05) is 20.2 Å². The second-order valence-corrected chi connectivity index (χ2v) is 4.67. The van der Waals surface area contributed by atoms with Gasteiger partial charge in [0.1, 0.15) is 0 Å². The second-order valence-electron chi connectivity index (χ2n) is 4.67. The molecular formula is C13H18N4O2. The minimum absolute atomic E-state index is 0.0541. The molecule has 0 fully saturated rings. The first-order chi connectivity index (χ1) is 8.95. The van der Waals surface area contributed by atoms with E-state index in [1.165, 1.54) is 4.90 Å². The maximum atomic E-state index is 12.4. The zero-order chi connectivity index (χ0) is 14.2. The molecule has 0 bridgehead atoms. The fourth-order valence-corrected chi connectivity index (χ4v) is 2.20. The molecule has 0 aliphatic heterocycles. The van der Waals surface area contributed by atoms with E-state index in [9.17, 15) is 4.79 Å². The number of nitrogens with zero attached hydrogens (tertiary/aromatic N) is 4. The zero-order valence-electron chi connectivity index (χ0n) is 11.6. The first-order valence-corrected chi connectivity index (χ1v) is 6.13.